The van der Waals surface area contributed by atoms with E-state index in [0.717, 1.165) is 12.6 Å². The molecular weight excluding hydrogens is 150 g/mol. The fraction of sp³-hybridized carbons (Fsp3) is 0.900. The quantitative estimate of drug-likeness (QED) is 0.604. The van der Waals surface area contributed by atoms with Crippen LogP contribution in [0.3, 0.4) is 0 Å². The number of carbonyl (C=O) groups excluding carboxylic acids is 1. The van der Waals surface area contributed by atoms with Crippen molar-refractivity contribution in [3.05, 3.63) is 0 Å². The minimum Gasteiger partial charge on any atom is -0.299 e. The average Bonchev–Trinajstić information content (AvgIpc) is 2.79. The summed E-state index contributed by atoms with van der Waals surface area (Å²) in [6.07, 6.45) is 5.05. The summed E-state index contributed by atoms with van der Waals surface area (Å²) >= 11 is 0. The molecular formula is C10H19NO. The average molecular weight is 169 g/mol. The van der Waals surface area contributed by atoms with Gasteiger partial charge in [0.05, 0.1) is 6.54 Å². The van der Waals surface area contributed by atoms with E-state index in [9.17, 15) is 4.79 Å². The molecule has 0 bridgehead atoms. The highest BCUT2D eigenvalue weighted by molar-refractivity contribution is 5.77. The van der Waals surface area contributed by atoms with Gasteiger partial charge in [0.25, 0.3) is 0 Å². The van der Waals surface area contributed by atoms with Crippen molar-refractivity contribution in [1.82, 2.24) is 4.90 Å². The smallest absolute Gasteiger partial charge is 0.143 e. The maximum absolute atomic E-state index is 10.9. The van der Waals surface area contributed by atoms with E-state index in [1.165, 1.54) is 25.7 Å². The Hall–Kier alpha value is -0.370. The van der Waals surface area contributed by atoms with E-state index < -0.39 is 0 Å². The van der Waals surface area contributed by atoms with Gasteiger partial charge in [-0.25, -0.2) is 0 Å². The van der Waals surface area contributed by atoms with E-state index in [2.05, 4.69) is 11.8 Å². The second-order valence-electron chi connectivity index (χ2n) is 3.76. The second-order valence-corrected chi connectivity index (χ2v) is 3.76. The Labute approximate surface area is 74.9 Å². The van der Waals surface area contributed by atoms with Crippen LogP contribution in [0.2, 0.25) is 0 Å². The van der Waals surface area contributed by atoms with Gasteiger partial charge in [-0.2, -0.15) is 0 Å². The van der Waals surface area contributed by atoms with Gasteiger partial charge in [-0.3, -0.25) is 9.69 Å². The highest BCUT2D eigenvalue weighted by Crippen LogP contribution is 2.26. The molecule has 1 saturated carbocycles. The lowest BCUT2D eigenvalue weighted by molar-refractivity contribution is -0.118. The predicted molar refractivity (Wildman–Crippen MR) is 50.2 cm³/mol. The Balaban J connectivity index is 2.22. The first-order valence-corrected chi connectivity index (χ1v) is 4.97. The molecule has 1 fully saturated rings. The summed E-state index contributed by atoms with van der Waals surface area (Å²) in [6, 6.07) is 0.737. The van der Waals surface area contributed by atoms with E-state index in [1.807, 2.05) is 0 Å². The Morgan fingerprint density at radius 3 is 2.58 bits per heavy atom. The number of rotatable bonds is 6. The topological polar surface area (TPSA) is 20.3 Å². The van der Waals surface area contributed by atoms with Crippen molar-refractivity contribution < 1.29 is 4.79 Å². The first-order valence-electron chi connectivity index (χ1n) is 4.97. The molecule has 1 aliphatic carbocycles. The molecule has 0 aromatic heterocycles. The maximum atomic E-state index is 10.9. The van der Waals surface area contributed by atoms with Gasteiger partial charge < -0.3 is 0 Å². The van der Waals surface area contributed by atoms with Crippen molar-refractivity contribution in [3.8, 4) is 0 Å². The van der Waals surface area contributed by atoms with Gasteiger partial charge in [-0.15, -0.1) is 0 Å². The van der Waals surface area contributed by atoms with Gasteiger partial charge >= 0.3 is 0 Å². The largest absolute Gasteiger partial charge is 0.299 e. The maximum Gasteiger partial charge on any atom is 0.143 e. The van der Waals surface area contributed by atoms with E-state index in [4.69, 9.17) is 0 Å². The lowest BCUT2D eigenvalue weighted by Gasteiger charge is -2.19. The molecule has 0 atom stereocenters. The van der Waals surface area contributed by atoms with Crippen LogP contribution in [-0.4, -0.2) is 29.8 Å². The van der Waals surface area contributed by atoms with Crippen LogP contribution >= 0.6 is 0 Å². The van der Waals surface area contributed by atoms with Gasteiger partial charge in [0, 0.05) is 6.04 Å². The molecule has 0 heterocycles. The standard InChI is InChI=1S/C10H19NO/c1-3-4-7-11(8-9(2)12)10-5-6-10/h10H,3-8H2,1-2H3. The molecule has 2 nitrogen and oxygen atoms in total. The van der Waals surface area contributed by atoms with Crippen LogP contribution in [0.5, 0.6) is 0 Å². The second kappa shape index (κ2) is 4.61. The number of unbranched alkanes of at least 4 members (excludes halogenated alkanes) is 1. The van der Waals surface area contributed by atoms with Gasteiger partial charge in [0.15, 0.2) is 0 Å². The van der Waals surface area contributed by atoms with Crippen molar-refractivity contribution in [2.75, 3.05) is 13.1 Å². The molecule has 1 rings (SSSR count). The molecule has 0 amide bonds. The highest BCUT2D eigenvalue weighted by Gasteiger charge is 2.28. The molecule has 12 heavy (non-hydrogen) atoms. The van der Waals surface area contributed by atoms with Crippen LogP contribution in [0.4, 0.5) is 0 Å². The Kier molecular flexibility index (Phi) is 3.73. The van der Waals surface area contributed by atoms with Crippen LogP contribution < -0.4 is 0 Å². The molecule has 70 valence electrons. The van der Waals surface area contributed by atoms with Crippen LogP contribution in [0.15, 0.2) is 0 Å². The molecule has 0 radical (unpaired) electrons. The zero-order valence-electron chi connectivity index (χ0n) is 8.18. The summed E-state index contributed by atoms with van der Waals surface area (Å²) in [7, 11) is 0. The van der Waals surface area contributed by atoms with Crippen molar-refractivity contribution in [1.29, 1.82) is 0 Å². The van der Waals surface area contributed by atoms with Gasteiger partial charge in [-0.05, 0) is 32.7 Å². The minimum absolute atomic E-state index is 0.304. The highest BCUT2D eigenvalue weighted by atomic mass is 16.1. The number of nitrogens with zero attached hydrogens (tertiary/aromatic N) is 1. The van der Waals surface area contributed by atoms with Crippen molar-refractivity contribution in [2.45, 2.75) is 45.6 Å². The lowest BCUT2D eigenvalue weighted by atomic mass is 10.3. The Morgan fingerprint density at radius 2 is 2.17 bits per heavy atom. The summed E-state index contributed by atoms with van der Waals surface area (Å²) in [4.78, 5) is 13.2. The monoisotopic (exact) mass is 169 g/mol. The lowest BCUT2D eigenvalue weighted by Crippen LogP contribution is -2.31. The first kappa shape index (κ1) is 9.72. The van der Waals surface area contributed by atoms with Crippen LogP contribution in [0, 0.1) is 0 Å². The minimum atomic E-state index is 0.304. The molecule has 0 aromatic rings. The third-order valence-corrected chi connectivity index (χ3v) is 2.29. The normalized spacial score (nSPS) is 16.9. The van der Waals surface area contributed by atoms with Crippen molar-refractivity contribution in [3.63, 3.8) is 0 Å². The van der Waals surface area contributed by atoms with Gasteiger partial charge in [-0.1, -0.05) is 13.3 Å². The molecule has 2 heteroatoms. The van der Waals surface area contributed by atoms with Gasteiger partial charge in [0.1, 0.15) is 5.78 Å². The Morgan fingerprint density at radius 1 is 1.50 bits per heavy atom. The Bertz CT molecular complexity index is 152. The summed E-state index contributed by atoms with van der Waals surface area (Å²) in [6.45, 7) is 5.66. The summed E-state index contributed by atoms with van der Waals surface area (Å²) < 4.78 is 0. The molecule has 0 spiro atoms. The fourth-order valence-electron chi connectivity index (χ4n) is 1.48. The van der Waals surface area contributed by atoms with Crippen molar-refractivity contribution in [2.24, 2.45) is 0 Å². The number of hydrogen-bond donors (Lipinski definition) is 0. The first-order chi connectivity index (χ1) is 5.74. The number of ketones is 1. The summed E-state index contributed by atoms with van der Waals surface area (Å²) in [5, 5.41) is 0. The summed E-state index contributed by atoms with van der Waals surface area (Å²) in [5.74, 6) is 0.304. The summed E-state index contributed by atoms with van der Waals surface area (Å²) in [5.41, 5.74) is 0. The van der Waals surface area contributed by atoms with E-state index >= 15 is 0 Å². The van der Waals surface area contributed by atoms with E-state index in [1.54, 1.807) is 6.92 Å². The fourth-order valence-corrected chi connectivity index (χ4v) is 1.48. The third-order valence-electron chi connectivity index (χ3n) is 2.29. The molecule has 0 aliphatic heterocycles. The van der Waals surface area contributed by atoms with Gasteiger partial charge in [0.2, 0.25) is 0 Å². The third kappa shape index (κ3) is 3.35. The van der Waals surface area contributed by atoms with E-state index in [-0.39, 0.29) is 0 Å². The van der Waals surface area contributed by atoms with Crippen LogP contribution in [0.1, 0.15) is 39.5 Å². The van der Waals surface area contributed by atoms with Crippen molar-refractivity contribution >= 4 is 5.78 Å². The van der Waals surface area contributed by atoms with Crippen LogP contribution in [0.25, 0.3) is 0 Å². The predicted octanol–water partition coefficient (Wildman–Crippen LogP) is 1.84. The van der Waals surface area contributed by atoms with Crippen LogP contribution in [-0.2, 0) is 4.79 Å². The zero-order chi connectivity index (χ0) is 8.97. The molecule has 1 aliphatic rings. The SMILES string of the molecule is CCCCN(CC(C)=O)C1CC1. The zero-order valence-corrected chi connectivity index (χ0v) is 8.18. The number of hydrogen-bond acceptors (Lipinski definition) is 2. The van der Waals surface area contributed by atoms with E-state index in [0.29, 0.717) is 12.3 Å². The molecule has 0 unspecified atom stereocenters. The molecule has 0 saturated heterocycles. The number of Topliss-reactive ketones (excluding diaryl/α,β-unsaturated/α-hetero) is 1. The number of carbonyl (C=O) groups is 1. The molecule has 0 N–H and O–H groups in total. The molecule has 0 aromatic carbocycles.